The van der Waals surface area contributed by atoms with E-state index in [1.165, 1.54) is 0 Å². The lowest BCUT2D eigenvalue weighted by atomic mass is 10.2. The minimum Gasteiger partial charge on any atom is -0.497 e. The number of aromatic nitrogens is 3. The summed E-state index contributed by atoms with van der Waals surface area (Å²) >= 11 is 12.3. The number of pyridine rings is 1. The molecule has 0 saturated carbocycles. The molecule has 0 aliphatic heterocycles. The number of benzene rings is 1. The molecule has 0 atom stereocenters. The van der Waals surface area contributed by atoms with Gasteiger partial charge < -0.3 is 4.74 Å². The van der Waals surface area contributed by atoms with Gasteiger partial charge in [0.15, 0.2) is 16.8 Å². The molecular weight excluding hydrogens is 390 g/mol. The van der Waals surface area contributed by atoms with E-state index in [-0.39, 0.29) is 15.8 Å². The lowest BCUT2D eigenvalue weighted by molar-refractivity contribution is 0.102. The van der Waals surface area contributed by atoms with Crippen molar-refractivity contribution in [2.45, 2.75) is 0 Å². The molecule has 1 amide bonds. The largest absolute Gasteiger partial charge is 0.497 e. The third-order valence-electron chi connectivity index (χ3n) is 3.13. The lowest BCUT2D eigenvalue weighted by Gasteiger charge is -2.04. The van der Waals surface area contributed by atoms with Crippen molar-refractivity contribution in [2.24, 2.45) is 0 Å². The molecule has 25 heavy (non-hydrogen) atoms. The van der Waals surface area contributed by atoms with E-state index in [1.54, 1.807) is 31.4 Å². The first kappa shape index (κ1) is 17.5. The van der Waals surface area contributed by atoms with Crippen LogP contribution in [0.25, 0.3) is 11.4 Å². The van der Waals surface area contributed by atoms with E-state index in [9.17, 15) is 9.18 Å². The van der Waals surface area contributed by atoms with Crippen LogP contribution in [-0.4, -0.2) is 27.4 Å². The number of rotatable bonds is 4. The van der Waals surface area contributed by atoms with Crippen LogP contribution in [-0.2, 0) is 0 Å². The summed E-state index contributed by atoms with van der Waals surface area (Å²) in [6.45, 7) is 0. The van der Waals surface area contributed by atoms with E-state index < -0.39 is 16.9 Å². The van der Waals surface area contributed by atoms with Crippen LogP contribution in [0.4, 0.5) is 9.52 Å². The van der Waals surface area contributed by atoms with Gasteiger partial charge in [-0.15, -0.1) is 0 Å². The second-order valence-corrected chi connectivity index (χ2v) is 6.17. The molecule has 0 aliphatic carbocycles. The summed E-state index contributed by atoms with van der Waals surface area (Å²) in [5.74, 6) is -0.355. The monoisotopic (exact) mass is 398 g/mol. The van der Waals surface area contributed by atoms with Crippen LogP contribution in [0.2, 0.25) is 10.3 Å². The van der Waals surface area contributed by atoms with E-state index in [2.05, 4.69) is 19.7 Å². The molecule has 2 heterocycles. The van der Waals surface area contributed by atoms with Gasteiger partial charge in [0.25, 0.3) is 5.91 Å². The second kappa shape index (κ2) is 7.30. The molecule has 0 unspecified atom stereocenters. The highest BCUT2D eigenvalue weighted by Gasteiger charge is 2.17. The normalized spacial score (nSPS) is 10.6. The maximum Gasteiger partial charge on any atom is 0.260 e. The van der Waals surface area contributed by atoms with Crippen molar-refractivity contribution < 1.29 is 13.9 Å². The van der Waals surface area contributed by atoms with Crippen molar-refractivity contribution >= 4 is 45.8 Å². The molecule has 0 aliphatic rings. The highest BCUT2D eigenvalue weighted by molar-refractivity contribution is 7.10. The van der Waals surface area contributed by atoms with Gasteiger partial charge in [0.2, 0.25) is 5.13 Å². The number of amides is 1. The summed E-state index contributed by atoms with van der Waals surface area (Å²) in [5, 5.41) is 2.14. The van der Waals surface area contributed by atoms with Crippen molar-refractivity contribution in [2.75, 3.05) is 12.4 Å². The van der Waals surface area contributed by atoms with Gasteiger partial charge in [0.05, 0.1) is 12.7 Å². The Morgan fingerprint density at radius 1 is 1.20 bits per heavy atom. The molecule has 0 saturated heterocycles. The molecule has 1 N–H and O–H groups in total. The van der Waals surface area contributed by atoms with Gasteiger partial charge in [-0.2, -0.15) is 9.36 Å². The molecular formula is C15H9Cl2FN4O2S. The highest BCUT2D eigenvalue weighted by Crippen LogP contribution is 2.25. The lowest BCUT2D eigenvalue weighted by Crippen LogP contribution is -2.13. The summed E-state index contributed by atoms with van der Waals surface area (Å²) < 4.78 is 22.7. The van der Waals surface area contributed by atoms with Crippen LogP contribution in [0.5, 0.6) is 5.75 Å². The number of hydrogen-bond acceptors (Lipinski definition) is 6. The first-order valence-corrected chi connectivity index (χ1v) is 8.32. The van der Waals surface area contributed by atoms with Crippen LogP contribution >= 0.6 is 34.7 Å². The van der Waals surface area contributed by atoms with Gasteiger partial charge in [-0.1, -0.05) is 23.2 Å². The number of carbonyl (C=O) groups is 1. The molecule has 0 spiro atoms. The Hall–Kier alpha value is -2.29. The Morgan fingerprint density at radius 3 is 2.60 bits per heavy atom. The Balaban J connectivity index is 1.79. The predicted octanol–water partition coefficient (Wildman–Crippen LogP) is 4.31. The standard InChI is InChI=1S/C15H9Cl2FN4O2S/c1-24-8-4-2-7(3-5-8)13-20-15(25-22-13)21-14(23)9-6-10(18)12(17)19-11(9)16/h2-6H,1H3,(H,20,21,22,23). The molecule has 128 valence electrons. The fraction of sp³-hybridized carbons (Fsp3) is 0.0667. The predicted molar refractivity (Wildman–Crippen MR) is 94.1 cm³/mol. The van der Waals surface area contributed by atoms with E-state index in [1.807, 2.05) is 0 Å². The Kier molecular flexibility index (Phi) is 5.12. The van der Waals surface area contributed by atoms with Crippen molar-refractivity contribution in [3.05, 3.63) is 52.0 Å². The van der Waals surface area contributed by atoms with Gasteiger partial charge >= 0.3 is 0 Å². The number of nitrogens with zero attached hydrogens (tertiary/aromatic N) is 3. The average Bonchev–Trinajstić information content (AvgIpc) is 3.06. The number of nitrogens with one attached hydrogen (secondary N) is 1. The molecule has 0 fully saturated rings. The highest BCUT2D eigenvalue weighted by atomic mass is 35.5. The Morgan fingerprint density at radius 2 is 1.92 bits per heavy atom. The smallest absolute Gasteiger partial charge is 0.260 e. The number of ether oxygens (including phenoxy) is 1. The molecule has 1 aromatic carbocycles. The number of hydrogen-bond donors (Lipinski definition) is 1. The average molecular weight is 399 g/mol. The zero-order chi connectivity index (χ0) is 18.0. The van der Waals surface area contributed by atoms with Gasteiger partial charge in [0, 0.05) is 17.1 Å². The molecule has 3 rings (SSSR count). The fourth-order valence-electron chi connectivity index (χ4n) is 1.90. The van der Waals surface area contributed by atoms with Crippen molar-refractivity contribution in [3.8, 4) is 17.1 Å². The molecule has 10 heteroatoms. The minimum absolute atomic E-state index is 0.148. The first-order valence-electron chi connectivity index (χ1n) is 6.79. The van der Waals surface area contributed by atoms with E-state index in [0.29, 0.717) is 11.6 Å². The van der Waals surface area contributed by atoms with Crippen molar-refractivity contribution in [3.63, 3.8) is 0 Å². The van der Waals surface area contributed by atoms with Crippen LogP contribution in [0.3, 0.4) is 0 Å². The zero-order valence-electron chi connectivity index (χ0n) is 12.6. The molecule has 6 nitrogen and oxygen atoms in total. The van der Waals surface area contributed by atoms with Crippen LogP contribution in [0.15, 0.2) is 30.3 Å². The number of halogens is 3. The molecule has 2 aromatic heterocycles. The summed E-state index contributed by atoms with van der Waals surface area (Å²) in [7, 11) is 1.57. The zero-order valence-corrected chi connectivity index (χ0v) is 14.9. The summed E-state index contributed by atoms with van der Waals surface area (Å²) in [5.41, 5.74) is 0.611. The van der Waals surface area contributed by atoms with Crippen LogP contribution < -0.4 is 10.1 Å². The van der Waals surface area contributed by atoms with Gasteiger partial charge in [-0.3, -0.25) is 10.1 Å². The SMILES string of the molecule is COc1ccc(-c2nsc(NC(=O)c3cc(F)c(Cl)nc3Cl)n2)cc1. The summed E-state index contributed by atoms with van der Waals surface area (Å²) in [6.07, 6.45) is 0. The summed E-state index contributed by atoms with van der Waals surface area (Å²) in [4.78, 5) is 20.0. The number of anilines is 1. The van der Waals surface area contributed by atoms with Gasteiger partial charge in [0.1, 0.15) is 10.9 Å². The van der Waals surface area contributed by atoms with Crippen LogP contribution in [0, 0.1) is 5.82 Å². The van der Waals surface area contributed by atoms with E-state index >= 15 is 0 Å². The summed E-state index contributed by atoms with van der Waals surface area (Å²) in [6, 6.07) is 8.05. The fourth-order valence-corrected chi connectivity index (χ4v) is 2.89. The third-order valence-corrected chi connectivity index (χ3v) is 4.31. The maximum absolute atomic E-state index is 13.5. The second-order valence-electron chi connectivity index (χ2n) is 4.71. The Bertz CT molecular complexity index is 934. The Labute approximate surface area is 155 Å². The van der Waals surface area contributed by atoms with Crippen molar-refractivity contribution in [1.29, 1.82) is 0 Å². The molecule has 3 aromatic rings. The number of methoxy groups -OCH3 is 1. The van der Waals surface area contributed by atoms with E-state index in [0.717, 1.165) is 23.2 Å². The molecule has 0 radical (unpaired) electrons. The van der Waals surface area contributed by atoms with Crippen LogP contribution in [0.1, 0.15) is 10.4 Å². The number of carbonyl (C=O) groups excluding carboxylic acids is 1. The van der Waals surface area contributed by atoms with Gasteiger partial charge in [-0.25, -0.2) is 9.37 Å². The quantitative estimate of drug-likeness (QED) is 0.662. The first-order chi connectivity index (χ1) is 12.0. The third kappa shape index (κ3) is 3.87. The molecule has 0 bridgehead atoms. The minimum atomic E-state index is -0.840. The van der Waals surface area contributed by atoms with Gasteiger partial charge in [-0.05, 0) is 30.3 Å². The van der Waals surface area contributed by atoms with E-state index in [4.69, 9.17) is 27.9 Å². The topological polar surface area (TPSA) is 77.0 Å². The maximum atomic E-state index is 13.5. The van der Waals surface area contributed by atoms with Crippen molar-refractivity contribution in [1.82, 2.24) is 14.3 Å².